The fraction of sp³-hybridized carbons (Fsp3) is 0.414. The van der Waals surface area contributed by atoms with Gasteiger partial charge in [0.15, 0.2) is 0 Å². The van der Waals surface area contributed by atoms with Gasteiger partial charge in [-0.15, -0.1) is 0 Å². The minimum atomic E-state index is -3.02. The van der Waals surface area contributed by atoms with Gasteiger partial charge in [0.25, 0.3) is 12.3 Å². The van der Waals surface area contributed by atoms with Crippen molar-refractivity contribution >= 4 is 41.0 Å². The van der Waals surface area contributed by atoms with Crippen molar-refractivity contribution in [2.45, 2.75) is 70.2 Å². The highest BCUT2D eigenvalue weighted by atomic mass is 19.3. The molecule has 0 saturated carbocycles. The molecule has 0 bridgehead atoms. The van der Waals surface area contributed by atoms with Crippen molar-refractivity contribution in [3.05, 3.63) is 65.4 Å². The van der Waals surface area contributed by atoms with Crippen LogP contribution in [0.1, 0.15) is 50.0 Å². The minimum absolute atomic E-state index is 0.291. The maximum absolute atomic E-state index is 14.8. The fourth-order valence-electron chi connectivity index (χ4n) is 4.71. The second-order valence-electron chi connectivity index (χ2n) is 11.2. The number of nitrogens with one attached hydrogen (secondary N) is 2. The number of hydrogen-bond donors (Lipinski definition) is 3. The van der Waals surface area contributed by atoms with Gasteiger partial charge < -0.3 is 25.0 Å². The SMILES string of the molecule is CC1(C)OB(c2ccc(CC(NC(=O)c3c(F)cc(NC(CCF)C(F)F)cc3F)C(=O)O)c3ncccc23)OC1(C)C. The van der Waals surface area contributed by atoms with Gasteiger partial charge in [0.1, 0.15) is 23.2 Å². The van der Waals surface area contributed by atoms with Crippen molar-refractivity contribution in [1.29, 1.82) is 0 Å². The van der Waals surface area contributed by atoms with Crippen LogP contribution >= 0.6 is 0 Å². The van der Waals surface area contributed by atoms with Gasteiger partial charge in [-0.1, -0.05) is 18.2 Å². The number of fused-ring (bicyclic) bond motifs is 1. The largest absolute Gasteiger partial charge is 0.495 e. The molecule has 3 N–H and O–H groups in total. The van der Waals surface area contributed by atoms with Crippen LogP contribution in [0, 0.1) is 11.6 Å². The molecular weight excluding hydrogens is 576 g/mol. The van der Waals surface area contributed by atoms with Crippen LogP contribution in [0.15, 0.2) is 42.6 Å². The lowest BCUT2D eigenvalue weighted by molar-refractivity contribution is -0.139. The fourth-order valence-corrected chi connectivity index (χ4v) is 4.71. The Balaban J connectivity index is 1.58. The first-order valence-corrected chi connectivity index (χ1v) is 13.5. The summed E-state index contributed by atoms with van der Waals surface area (Å²) in [7, 11) is -0.725. The smallest absolute Gasteiger partial charge is 0.480 e. The number of amides is 1. The molecule has 230 valence electrons. The minimum Gasteiger partial charge on any atom is -0.480 e. The molecule has 1 amide bonds. The van der Waals surface area contributed by atoms with Gasteiger partial charge in [-0.3, -0.25) is 14.2 Å². The Morgan fingerprint density at radius 3 is 2.23 bits per heavy atom. The highest BCUT2D eigenvalue weighted by molar-refractivity contribution is 6.65. The van der Waals surface area contributed by atoms with E-state index in [0.29, 0.717) is 34.1 Å². The quantitative estimate of drug-likeness (QED) is 0.215. The van der Waals surface area contributed by atoms with Crippen molar-refractivity contribution < 1.29 is 46.0 Å². The molecule has 43 heavy (non-hydrogen) atoms. The van der Waals surface area contributed by atoms with Crippen molar-refractivity contribution in [3.63, 3.8) is 0 Å². The van der Waals surface area contributed by atoms with Crippen LogP contribution in [0.3, 0.4) is 0 Å². The van der Waals surface area contributed by atoms with Crippen LogP contribution in [0.4, 0.5) is 27.6 Å². The summed E-state index contributed by atoms with van der Waals surface area (Å²) in [5.74, 6) is -5.68. The molecule has 3 aromatic rings. The lowest BCUT2D eigenvalue weighted by Crippen LogP contribution is -2.43. The second-order valence-corrected chi connectivity index (χ2v) is 11.2. The number of nitrogens with zero attached hydrogens (tertiary/aromatic N) is 1. The molecule has 2 aromatic carbocycles. The summed E-state index contributed by atoms with van der Waals surface area (Å²) in [6.07, 6.45) is -2.40. The molecule has 14 heteroatoms. The van der Waals surface area contributed by atoms with E-state index in [0.717, 1.165) is 0 Å². The number of pyridine rings is 1. The van der Waals surface area contributed by atoms with Crippen molar-refractivity contribution in [2.24, 2.45) is 0 Å². The molecule has 2 heterocycles. The molecule has 0 aliphatic carbocycles. The van der Waals surface area contributed by atoms with Gasteiger partial charge in [0.05, 0.1) is 29.4 Å². The number of anilines is 1. The number of carbonyl (C=O) groups is 2. The molecule has 8 nitrogen and oxygen atoms in total. The molecule has 1 aliphatic rings. The maximum atomic E-state index is 14.8. The second kappa shape index (κ2) is 12.5. The highest BCUT2D eigenvalue weighted by Gasteiger charge is 2.52. The topological polar surface area (TPSA) is 110 Å². The first kappa shape index (κ1) is 32.1. The number of aliphatic carboxylic acids is 1. The summed E-state index contributed by atoms with van der Waals surface area (Å²) in [5.41, 5.74) is -1.24. The van der Waals surface area contributed by atoms with E-state index in [1.165, 1.54) is 6.20 Å². The Kier molecular flexibility index (Phi) is 9.31. The summed E-state index contributed by atoms with van der Waals surface area (Å²) < 4.78 is 80.7. The first-order valence-electron chi connectivity index (χ1n) is 13.5. The number of aromatic nitrogens is 1. The maximum Gasteiger partial charge on any atom is 0.495 e. The van der Waals surface area contributed by atoms with Crippen molar-refractivity contribution in [2.75, 3.05) is 12.0 Å². The van der Waals surface area contributed by atoms with E-state index in [-0.39, 0.29) is 6.42 Å². The number of hydrogen-bond acceptors (Lipinski definition) is 6. The number of alkyl halides is 3. The number of halogens is 5. The van der Waals surface area contributed by atoms with Crippen molar-refractivity contribution in [3.8, 4) is 0 Å². The number of carboxylic acids is 1. The van der Waals surface area contributed by atoms with Gasteiger partial charge >= 0.3 is 13.1 Å². The average molecular weight is 607 g/mol. The molecule has 0 radical (unpaired) electrons. The van der Waals surface area contributed by atoms with E-state index in [9.17, 15) is 36.6 Å². The Bertz CT molecular complexity index is 1480. The molecular formula is C29H31BF5N3O5. The van der Waals surface area contributed by atoms with Gasteiger partial charge in [0, 0.05) is 30.1 Å². The number of rotatable bonds is 11. The van der Waals surface area contributed by atoms with Crippen LogP contribution in [0.2, 0.25) is 0 Å². The monoisotopic (exact) mass is 607 g/mol. The number of carbonyl (C=O) groups excluding carboxylic acids is 1. The Hall–Kier alpha value is -3.78. The predicted molar refractivity (Wildman–Crippen MR) is 150 cm³/mol. The molecule has 1 aliphatic heterocycles. The Morgan fingerprint density at radius 1 is 1.05 bits per heavy atom. The highest BCUT2D eigenvalue weighted by Crippen LogP contribution is 2.37. The Morgan fingerprint density at radius 2 is 1.67 bits per heavy atom. The van der Waals surface area contributed by atoms with Crippen LogP contribution in [-0.2, 0) is 20.5 Å². The molecule has 1 aromatic heterocycles. The standard InChI is InChI=1S/C29H31BF5N3O5/c1-28(2)29(3,4)43-30(42-28)18-8-7-15(24-17(18)6-5-11-36-24)12-22(27(40)41)38-26(39)23-19(32)13-16(14-20(23)33)37-21(9-10-31)25(34)35/h5-8,11,13-14,21-22,25,37H,9-10,12H2,1-4H3,(H,38,39)(H,40,41). The van der Waals surface area contributed by atoms with E-state index < -0.39 is 84.7 Å². The molecule has 0 spiro atoms. The van der Waals surface area contributed by atoms with E-state index in [1.54, 1.807) is 24.3 Å². The zero-order valence-electron chi connectivity index (χ0n) is 23.9. The van der Waals surface area contributed by atoms with E-state index in [1.807, 2.05) is 27.7 Å². The van der Waals surface area contributed by atoms with Crippen molar-refractivity contribution in [1.82, 2.24) is 10.3 Å². The van der Waals surface area contributed by atoms with Crippen LogP contribution in [0.25, 0.3) is 10.9 Å². The third-order valence-electron chi connectivity index (χ3n) is 7.77. The molecule has 1 fully saturated rings. The summed E-state index contributed by atoms with van der Waals surface area (Å²) >= 11 is 0. The lowest BCUT2D eigenvalue weighted by atomic mass is 9.76. The summed E-state index contributed by atoms with van der Waals surface area (Å²) in [6.45, 7) is 6.54. The Labute approximate surface area is 245 Å². The van der Waals surface area contributed by atoms with E-state index in [2.05, 4.69) is 15.6 Å². The first-order chi connectivity index (χ1) is 20.1. The van der Waals surface area contributed by atoms with E-state index in [4.69, 9.17) is 9.31 Å². The van der Waals surface area contributed by atoms with Crippen LogP contribution in [-0.4, -0.2) is 65.5 Å². The number of carboxylic acid groups (broad SMARTS) is 1. The summed E-state index contributed by atoms with van der Waals surface area (Å²) in [4.78, 5) is 29.4. The molecule has 4 rings (SSSR count). The van der Waals surface area contributed by atoms with Gasteiger partial charge in [-0.2, -0.15) is 0 Å². The lowest BCUT2D eigenvalue weighted by Gasteiger charge is -2.32. The van der Waals surface area contributed by atoms with Gasteiger partial charge in [-0.05, 0) is 56.9 Å². The van der Waals surface area contributed by atoms with Gasteiger partial charge in [0.2, 0.25) is 0 Å². The summed E-state index contributed by atoms with van der Waals surface area (Å²) in [5, 5.41) is 14.8. The third-order valence-corrected chi connectivity index (χ3v) is 7.77. The molecule has 2 atom stereocenters. The van der Waals surface area contributed by atoms with E-state index >= 15 is 0 Å². The predicted octanol–water partition coefficient (Wildman–Crippen LogP) is 4.64. The average Bonchev–Trinajstić information content (AvgIpc) is 3.13. The molecule has 2 unspecified atom stereocenters. The van der Waals surface area contributed by atoms with Gasteiger partial charge in [-0.25, -0.2) is 22.4 Å². The van der Waals surface area contributed by atoms with Crippen LogP contribution < -0.4 is 16.1 Å². The number of benzene rings is 2. The normalized spacial score (nSPS) is 17.2. The molecule has 1 saturated heterocycles. The van der Waals surface area contributed by atoms with Crippen LogP contribution in [0.5, 0.6) is 0 Å². The third kappa shape index (κ3) is 6.75. The zero-order chi connectivity index (χ0) is 31.7. The zero-order valence-corrected chi connectivity index (χ0v) is 23.9. The summed E-state index contributed by atoms with van der Waals surface area (Å²) in [6, 6.07) is 4.68.